The molecule has 1 rings (SSSR count). The van der Waals surface area contributed by atoms with Gasteiger partial charge < -0.3 is 10.6 Å². The van der Waals surface area contributed by atoms with Gasteiger partial charge in [0.15, 0.2) is 0 Å². The lowest BCUT2D eigenvalue weighted by atomic mass is 9.93. The van der Waals surface area contributed by atoms with Crippen molar-refractivity contribution in [2.75, 3.05) is 20.1 Å². The summed E-state index contributed by atoms with van der Waals surface area (Å²) in [6.45, 7) is 7.76. The Bertz CT molecular complexity index is 330. The van der Waals surface area contributed by atoms with Crippen LogP contribution in [0.4, 0.5) is 0 Å². The highest BCUT2D eigenvalue weighted by molar-refractivity contribution is 5.23. The van der Waals surface area contributed by atoms with E-state index in [4.69, 9.17) is 5.73 Å². The number of likely N-dealkylation sites (N-methyl/N-ethyl adjacent to an activating group) is 1. The Labute approximate surface area is 105 Å². The van der Waals surface area contributed by atoms with E-state index in [9.17, 15) is 0 Å². The van der Waals surface area contributed by atoms with Crippen LogP contribution >= 0.6 is 0 Å². The first-order chi connectivity index (χ1) is 8.06. The second kappa shape index (κ2) is 6.58. The van der Waals surface area contributed by atoms with Crippen LogP contribution in [0.25, 0.3) is 0 Å². The standard InChI is InChI=1S/C15H24N2/c1-4-5-9-12-17(3)13-15(2,16)14-10-7-6-8-11-14/h4,6-8,10-11H,1,5,9,12-13,16H2,2-3H3. The highest BCUT2D eigenvalue weighted by Gasteiger charge is 2.22. The summed E-state index contributed by atoms with van der Waals surface area (Å²) >= 11 is 0. The van der Waals surface area contributed by atoms with Gasteiger partial charge in [-0.3, -0.25) is 0 Å². The van der Waals surface area contributed by atoms with Crippen LogP contribution in [0.15, 0.2) is 43.0 Å². The summed E-state index contributed by atoms with van der Waals surface area (Å²) < 4.78 is 0. The fourth-order valence-corrected chi connectivity index (χ4v) is 2.06. The maximum absolute atomic E-state index is 6.38. The molecule has 1 unspecified atom stereocenters. The van der Waals surface area contributed by atoms with Crippen LogP contribution in [0.3, 0.4) is 0 Å². The van der Waals surface area contributed by atoms with Crippen LogP contribution in [0.2, 0.25) is 0 Å². The van der Waals surface area contributed by atoms with Crippen LogP contribution in [0.1, 0.15) is 25.3 Å². The molecule has 0 fully saturated rings. The maximum atomic E-state index is 6.38. The van der Waals surface area contributed by atoms with Crippen LogP contribution < -0.4 is 5.73 Å². The molecule has 17 heavy (non-hydrogen) atoms. The van der Waals surface area contributed by atoms with E-state index in [1.54, 1.807) is 0 Å². The molecule has 0 spiro atoms. The minimum Gasteiger partial charge on any atom is -0.321 e. The van der Waals surface area contributed by atoms with E-state index >= 15 is 0 Å². The zero-order chi connectivity index (χ0) is 12.7. The van der Waals surface area contributed by atoms with Gasteiger partial charge in [-0.1, -0.05) is 36.4 Å². The van der Waals surface area contributed by atoms with Crippen molar-refractivity contribution in [2.24, 2.45) is 5.73 Å². The SMILES string of the molecule is C=CCCCN(C)CC(C)(N)c1ccccc1. The van der Waals surface area contributed by atoms with Crippen molar-refractivity contribution in [1.82, 2.24) is 4.90 Å². The second-order valence-corrected chi connectivity index (χ2v) is 4.95. The lowest BCUT2D eigenvalue weighted by molar-refractivity contribution is 0.257. The molecule has 94 valence electrons. The van der Waals surface area contributed by atoms with E-state index in [1.807, 2.05) is 24.3 Å². The van der Waals surface area contributed by atoms with Crippen molar-refractivity contribution >= 4 is 0 Å². The molecule has 0 bridgehead atoms. The predicted molar refractivity (Wildman–Crippen MR) is 74.9 cm³/mol. The normalized spacial score (nSPS) is 14.6. The number of hydrogen-bond acceptors (Lipinski definition) is 2. The molecule has 0 heterocycles. The Hall–Kier alpha value is -1.12. The van der Waals surface area contributed by atoms with Crippen LogP contribution in [0, 0.1) is 0 Å². The molecule has 0 aromatic heterocycles. The first-order valence-corrected chi connectivity index (χ1v) is 6.20. The summed E-state index contributed by atoms with van der Waals surface area (Å²) in [5, 5.41) is 0. The van der Waals surface area contributed by atoms with Gasteiger partial charge in [-0.05, 0) is 38.9 Å². The molecule has 0 saturated heterocycles. The van der Waals surface area contributed by atoms with E-state index in [2.05, 4.69) is 37.6 Å². The Morgan fingerprint density at radius 2 is 2.00 bits per heavy atom. The highest BCUT2D eigenvalue weighted by Crippen LogP contribution is 2.18. The largest absolute Gasteiger partial charge is 0.321 e. The third kappa shape index (κ3) is 4.72. The number of rotatable bonds is 7. The van der Waals surface area contributed by atoms with E-state index in [-0.39, 0.29) is 5.54 Å². The molecular formula is C15H24N2. The first kappa shape index (κ1) is 13.9. The first-order valence-electron chi connectivity index (χ1n) is 6.20. The number of nitrogens with two attached hydrogens (primary N) is 1. The topological polar surface area (TPSA) is 29.3 Å². The number of nitrogens with zero attached hydrogens (tertiary/aromatic N) is 1. The van der Waals surface area contributed by atoms with Crippen molar-refractivity contribution in [3.8, 4) is 0 Å². The van der Waals surface area contributed by atoms with Gasteiger partial charge in [0.1, 0.15) is 0 Å². The van der Waals surface area contributed by atoms with Gasteiger partial charge in [-0.15, -0.1) is 6.58 Å². The fraction of sp³-hybridized carbons (Fsp3) is 0.467. The summed E-state index contributed by atoms with van der Waals surface area (Å²) in [6.07, 6.45) is 4.18. The molecule has 0 saturated carbocycles. The average molecular weight is 232 g/mol. The molecule has 0 aliphatic rings. The van der Waals surface area contributed by atoms with Crippen molar-refractivity contribution in [1.29, 1.82) is 0 Å². The minimum absolute atomic E-state index is 0.288. The lowest BCUT2D eigenvalue weighted by Crippen LogP contribution is -2.44. The van der Waals surface area contributed by atoms with Gasteiger partial charge in [-0.2, -0.15) is 0 Å². The molecule has 2 heteroatoms. The number of unbranched alkanes of at least 4 members (excludes halogenated alkanes) is 1. The molecule has 0 aliphatic carbocycles. The Morgan fingerprint density at radius 3 is 2.59 bits per heavy atom. The van der Waals surface area contributed by atoms with Crippen molar-refractivity contribution < 1.29 is 0 Å². The number of hydrogen-bond donors (Lipinski definition) is 1. The van der Waals surface area contributed by atoms with Gasteiger partial charge in [0.2, 0.25) is 0 Å². The van der Waals surface area contributed by atoms with Gasteiger partial charge in [0.05, 0.1) is 5.54 Å². The summed E-state index contributed by atoms with van der Waals surface area (Å²) in [5.41, 5.74) is 7.28. The number of allylic oxidation sites excluding steroid dienone is 1. The third-order valence-corrected chi connectivity index (χ3v) is 2.98. The highest BCUT2D eigenvalue weighted by atomic mass is 15.1. The summed E-state index contributed by atoms with van der Waals surface area (Å²) in [5.74, 6) is 0. The zero-order valence-electron chi connectivity index (χ0n) is 11.0. The Morgan fingerprint density at radius 1 is 1.35 bits per heavy atom. The smallest absolute Gasteiger partial charge is 0.0509 e. The predicted octanol–water partition coefficient (Wildman–Crippen LogP) is 2.76. The Kier molecular flexibility index (Phi) is 5.39. The van der Waals surface area contributed by atoms with E-state index in [1.165, 1.54) is 5.56 Å². The summed E-state index contributed by atoms with van der Waals surface area (Å²) in [6, 6.07) is 10.3. The maximum Gasteiger partial charge on any atom is 0.0509 e. The lowest BCUT2D eigenvalue weighted by Gasteiger charge is -2.30. The summed E-state index contributed by atoms with van der Waals surface area (Å²) in [7, 11) is 2.12. The summed E-state index contributed by atoms with van der Waals surface area (Å²) in [4.78, 5) is 2.29. The molecule has 0 amide bonds. The number of benzene rings is 1. The van der Waals surface area contributed by atoms with Crippen molar-refractivity contribution in [3.05, 3.63) is 48.6 Å². The molecule has 1 atom stereocenters. The molecule has 2 N–H and O–H groups in total. The van der Waals surface area contributed by atoms with Gasteiger partial charge in [0, 0.05) is 6.54 Å². The molecule has 1 aromatic rings. The molecule has 1 aromatic carbocycles. The van der Waals surface area contributed by atoms with Gasteiger partial charge >= 0.3 is 0 Å². The van der Waals surface area contributed by atoms with E-state index in [0.29, 0.717) is 0 Å². The second-order valence-electron chi connectivity index (χ2n) is 4.95. The zero-order valence-corrected chi connectivity index (χ0v) is 11.0. The minimum atomic E-state index is -0.288. The Balaban J connectivity index is 2.51. The van der Waals surface area contributed by atoms with Gasteiger partial charge in [-0.25, -0.2) is 0 Å². The van der Waals surface area contributed by atoms with Gasteiger partial charge in [0.25, 0.3) is 0 Å². The molecule has 0 radical (unpaired) electrons. The monoisotopic (exact) mass is 232 g/mol. The molecule has 0 aliphatic heterocycles. The fourth-order valence-electron chi connectivity index (χ4n) is 2.06. The van der Waals surface area contributed by atoms with E-state index < -0.39 is 0 Å². The molecular weight excluding hydrogens is 208 g/mol. The van der Waals surface area contributed by atoms with Crippen LogP contribution in [-0.4, -0.2) is 25.0 Å². The average Bonchev–Trinajstić information content (AvgIpc) is 2.30. The van der Waals surface area contributed by atoms with Crippen molar-refractivity contribution in [2.45, 2.75) is 25.3 Å². The van der Waals surface area contributed by atoms with E-state index in [0.717, 1.165) is 25.9 Å². The molecule has 2 nitrogen and oxygen atoms in total. The van der Waals surface area contributed by atoms with Crippen LogP contribution in [-0.2, 0) is 5.54 Å². The van der Waals surface area contributed by atoms with Crippen molar-refractivity contribution in [3.63, 3.8) is 0 Å². The van der Waals surface area contributed by atoms with Crippen LogP contribution in [0.5, 0.6) is 0 Å². The third-order valence-electron chi connectivity index (χ3n) is 2.98. The quantitative estimate of drug-likeness (QED) is 0.578.